The van der Waals surface area contributed by atoms with Gasteiger partial charge in [-0.15, -0.1) is 0 Å². The zero-order valence-electron chi connectivity index (χ0n) is 25.0. The molecule has 0 unspecified atom stereocenters. The summed E-state index contributed by atoms with van der Waals surface area (Å²) in [6.07, 6.45) is 0.297. The smallest absolute Gasteiger partial charge is 0.184 e. The summed E-state index contributed by atoms with van der Waals surface area (Å²) >= 11 is 0. The summed E-state index contributed by atoms with van der Waals surface area (Å²) in [6, 6.07) is 0. The summed E-state index contributed by atoms with van der Waals surface area (Å²) in [6.45, 7) is 33.4. The molecule has 12 heteroatoms. The van der Waals surface area contributed by atoms with Crippen molar-refractivity contribution in [1.82, 2.24) is 0 Å². The molecule has 204 valence electrons. The van der Waals surface area contributed by atoms with E-state index in [4.69, 9.17) is 27.0 Å². The Bertz CT molecular complexity index is 618. The molecule has 0 amide bonds. The molecule has 0 rings (SSSR count). The van der Waals surface area contributed by atoms with E-state index in [-0.39, 0.29) is 12.2 Å². The number of nitrogens with zero attached hydrogens (tertiary/aromatic N) is 1. The predicted molar refractivity (Wildman–Crippen MR) is 158 cm³/mol. The van der Waals surface area contributed by atoms with Gasteiger partial charge in [-0.2, -0.15) is 0 Å². The van der Waals surface area contributed by atoms with Gasteiger partial charge in [0, 0.05) is 0 Å². The minimum atomic E-state index is -2.01. The Morgan fingerprint density at radius 3 is 1.32 bits per heavy atom. The molecule has 0 aromatic rings. The highest BCUT2D eigenvalue weighted by Gasteiger charge is 2.44. The van der Waals surface area contributed by atoms with Crippen LogP contribution in [0, 0.1) is 0 Å². The fraction of sp³-hybridized carbons (Fsp3) is 0.955. The van der Waals surface area contributed by atoms with Crippen LogP contribution in [0.5, 0.6) is 0 Å². The van der Waals surface area contributed by atoms with Crippen LogP contribution in [0.4, 0.5) is 0 Å². The predicted octanol–water partition coefficient (Wildman–Crippen LogP) is 6.35. The van der Waals surface area contributed by atoms with Crippen LogP contribution in [0.3, 0.4) is 0 Å². The van der Waals surface area contributed by atoms with Gasteiger partial charge < -0.3 is 27.0 Å². The first-order valence-corrected chi connectivity index (χ1v) is 29.4. The molecule has 0 N–H and O–H groups in total. The lowest BCUT2D eigenvalue weighted by Crippen LogP contribution is -2.60. The Balaban J connectivity index is 6.73. The van der Waals surface area contributed by atoms with Gasteiger partial charge in [0.2, 0.25) is 0 Å². The molecule has 0 aromatic carbocycles. The highest BCUT2D eigenvalue weighted by molar-refractivity contribution is 6.71. The van der Waals surface area contributed by atoms with Gasteiger partial charge in [0.05, 0.1) is 25.0 Å². The molecule has 34 heavy (non-hydrogen) atoms. The second kappa shape index (κ2) is 13.2. The van der Waals surface area contributed by atoms with Crippen LogP contribution in [0.2, 0.25) is 98.2 Å². The molecular formula is C22H55NO6Si5. The molecule has 0 spiro atoms. The van der Waals surface area contributed by atoms with Crippen LogP contribution in [0.1, 0.15) is 0 Å². The van der Waals surface area contributed by atoms with Crippen LogP contribution in [0.25, 0.3) is 0 Å². The Morgan fingerprint density at radius 2 is 0.971 bits per heavy atom. The molecule has 0 aliphatic heterocycles. The third kappa shape index (κ3) is 17.7. The molecule has 0 bridgehead atoms. The average molecular weight is 570 g/mol. The van der Waals surface area contributed by atoms with E-state index in [0.717, 1.165) is 0 Å². The monoisotopic (exact) mass is 569 g/mol. The summed E-state index contributed by atoms with van der Waals surface area (Å²) in [4.78, 5) is 5.07. The molecule has 0 aliphatic rings. The van der Waals surface area contributed by atoms with Crippen LogP contribution < -0.4 is 0 Å². The lowest BCUT2D eigenvalue weighted by molar-refractivity contribution is -0.0733. The molecule has 0 heterocycles. The van der Waals surface area contributed by atoms with E-state index in [0.29, 0.717) is 6.61 Å². The van der Waals surface area contributed by atoms with E-state index in [2.05, 4.69) is 103 Å². The Morgan fingerprint density at radius 1 is 0.559 bits per heavy atom. The SMILES string of the molecule is CO/N=C/[C@H](O[Si](C)(C)C)[C@@H](O[Si](C)(C)C)[C@H](O[Si](C)(C)C)[C@@H](CO[Si](C)(C)C)O[Si](C)(C)C. The zero-order valence-corrected chi connectivity index (χ0v) is 30.0. The van der Waals surface area contributed by atoms with Gasteiger partial charge in [0.25, 0.3) is 0 Å². The van der Waals surface area contributed by atoms with Gasteiger partial charge in [-0.1, -0.05) is 5.16 Å². The van der Waals surface area contributed by atoms with Crippen molar-refractivity contribution in [1.29, 1.82) is 0 Å². The maximum Gasteiger partial charge on any atom is 0.184 e. The van der Waals surface area contributed by atoms with Crippen molar-refractivity contribution in [3.05, 3.63) is 0 Å². The van der Waals surface area contributed by atoms with E-state index in [1.807, 2.05) is 0 Å². The molecule has 0 saturated carbocycles. The van der Waals surface area contributed by atoms with Crippen molar-refractivity contribution in [2.75, 3.05) is 13.7 Å². The zero-order chi connectivity index (χ0) is 27.2. The molecule has 0 aliphatic carbocycles. The largest absolute Gasteiger partial charge is 0.415 e. The number of oxime groups is 1. The normalized spacial score (nSPS) is 18.1. The van der Waals surface area contributed by atoms with Gasteiger partial charge in [-0.05, 0) is 98.2 Å². The van der Waals surface area contributed by atoms with E-state index < -0.39 is 53.8 Å². The molecule has 0 fully saturated rings. The second-order valence-corrected chi connectivity index (χ2v) is 36.1. The molecular weight excluding hydrogens is 515 g/mol. The first kappa shape index (κ1) is 34.4. The van der Waals surface area contributed by atoms with Gasteiger partial charge in [0.15, 0.2) is 41.6 Å². The quantitative estimate of drug-likeness (QED) is 0.123. The topological polar surface area (TPSA) is 67.7 Å². The minimum absolute atomic E-state index is 0.268. The lowest BCUT2D eigenvalue weighted by atomic mass is 10.0. The molecule has 0 radical (unpaired) electrons. The van der Waals surface area contributed by atoms with Gasteiger partial charge >= 0.3 is 0 Å². The van der Waals surface area contributed by atoms with Gasteiger partial charge in [-0.25, -0.2) is 0 Å². The fourth-order valence-electron chi connectivity index (χ4n) is 3.19. The van der Waals surface area contributed by atoms with E-state index in [1.54, 1.807) is 13.3 Å². The van der Waals surface area contributed by atoms with Crippen molar-refractivity contribution < 1.29 is 27.0 Å². The molecule has 0 saturated heterocycles. The Hall–Kier alpha value is 0.354. The Kier molecular flexibility index (Phi) is 13.4. The van der Waals surface area contributed by atoms with Gasteiger partial charge in [-0.3, -0.25) is 0 Å². The summed E-state index contributed by atoms with van der Waals surface area (Å²) in [5, 5.41) is 4.11. The van der Waals surface area contributed by atoms with Crippen LogP contribution in [-0.4, -0.2) is 85.9 Å². The average Bonchev–Trinajstić information content (AvgIpc) is 2.54. The van der Waals surface area contributed by atoms with Crippen LogP contribution in [0.15, 0.2) is 5.16 Å². The van der Waals surface area contributed by atoms with Crippen molar-refractivity contribution in [2.45, 2.75) is 123 Å². The van der Waals surface area contributed by atoms with E-state index >= 15 is 0 Å². The summed E-state index contributed by atoms with van der Waals surface area (Å²) < 4.78 is 33.6. The van der Waals surface area contributed by atoms with Crippen molar-refractivity contribution in [2.24, 2.45) is 5.16 Å². The maximum absolute atomic E-state index is 6.90. The van der Waals surface area contributed by atoms with E-state index in [1.165, 1.54) is 0 Å². The summed E-state index contributed by atoms with van der Waals surface area (Å²) in [7, 11) is -8.13. The lowest BCUT2D eigenvalue weighted by Gasteiger charge is -2.45. The standard InChI is InChI=1S/C22H55NO6Si5/c1-24-23-17-19(26-31(5,6)7)21(28-33(11,12)13)22(29-34(14,15)16)20(27-32(8,9)10)18-25-30(2,3)4/h17,19-22H,18H2,1-16H3/b23-17+/t19-,20+,21+,22+/m0/s1. The number of hydrogen-bond donors (Lipinski definition) is 0. The summed E-state index contributed by atoms with van der Waals surface area (Å²) in [5.74, 6) is 0. The second-order valence-electron chi connectivity index (χ2n) is 13.7. The maximum atomic E-state index is 6.90. The third-order valence-electron chi connectivity index (χ3n) is 3.98. The highest BCUT2D eigenvalue weighted by Crippen LogP contribution is 2.28. The number of rotatable bonds is 16. The van der Waals surface area contributed by atoms with Crippen LogP contribution in [-0.2, 0) is 27.0 Å². The Labute approximate surface area is 215 Å². The van der Waals surface area contributed by atoms with Crippen LogP contribution >= 0.6 is 0 Å². The van der Waals surface area contributed by atoms with E-state index in [9.17, 15) is 0 Å². The third-order valence-corrected chi connectivity index (χ3v) is 8.96. The van der Waals surface area contributed by atoms with Gasteiger partial charge in [0.1, 0.15) is 19.3 Å². The number of hydrogen-bond acceptors (Lipinski definition) is 7. The molecule has 0 aromatic heterocycles. The summed E-state index contributed by atoms with van der Waals surface area (Å²) in [5.41, 5.74) is 0. The van der Waals surface area contributed by atoms with Crippen molar-refractivity contribution >= 4 is 47.8 Å². The first-order chi connectivity index (χ1) is 14.9. The fourth-order valence-corrected chi connectivity index (χ4v) is 8.16. The molecule has 7 nitrogen and oxygen atoms in total. The highest BCUT2D eigenvalue weighted by atomic mass is 28.4. The van der Waals surface area contributed by atoms with Crippen molar-refractivity contribution in [3.63, 3.8) is 0 Å². The van der Waals surface area contributed by atoms with Crippen molar-refractivity contribution in [3.8, 4) is 0 Å². The first-order valence-electron chi connectivity index (χ1n) is 12.3. The molecule has 4 atom stereocenters. The minimum Gasteiger partial charge on any atom is -0.415 e.